The molecule has 5 heteroatoms. The predicted octanol–water partition coefficient (Wildman–Crippen LogP) is 4.21. The van der Waals surface area contributed by atoms with Crippen molar-refractivity contribution in [3.8, 4) is 0 Å². The number of carbonyl (C=O) groups is 1. The van der Waals surface area contributed by atoms with Gasteiger partial charge in [0.2, 0.25) is 5.91 Å². The lowest BCUT2D eigenvalue weighted by Crippen LogP contribution is -2.26. The van der Waals surface area contributed by atoms with Gasteiger partial charge >= 0.3 is 0 Å². The molecule has 3 aliphatic rings. The zero-order valence-electron chi connectivity index (χ0n) is 15.0. The molecule has 0 bridgehead atoms. The second kappa shape index (κ2) is 6.14. The number of carbonyl (C=O) groups excluding carboxylic acids is 1. The van der Waals surface area contributed by atoms with Crippen LogP contribution in [0.15, 0.2) is 59.5 Å². The molecule has 3 unspecified atom stereocenters. The Morgan fingerprint density at radius 2 is 2.07 bits per heavy atom. The van der Waals surface area contributed by atoms with Crippen molar-refractivity contribution in [1.29, 1.82) is 0 Å². The summed E-state index contributed by atoms with van der Waals surface area (Å²) < 4.78 is -0.00762. The number of fused-ring (bicyclic) bond motifs is 3. The highest BCUT2D eigenvalue weighted by atomic mass is 32.2. The lowest BCUT2D eigenvalue weighted by Gasteiger charge is -2.23. The van der Waals surface area contributed by atoms with Gasteiger partial charge < -0.3 is 16.8 Å². The standard InChI is InChI=1S/C22H23N3OS/c23-18-9-8-14(25-20(26)10-7-13-5-6-13)11-16(18)21(24)22-12-17(22)15-3-1-2-4-19(15)27-22/h1-4,7-11,13,17,21H,5-6,12,23-24H2,(H,25,26)/b10-7+. The molecule has 0 radical (unpaired) electrons. The average Bonchev–Trinajstić information content (AvgIpc) is 3.59. The predicted molar refractivity (Wildman–Crippen MR) is 111 cm³/mol. The molecule has 4 nitrogen and oxygen atoms in total. The number of benzene rings is 2. The van der Waals surface area contributed by atoms with Crippen LogP contribution in [0.5, 0.6) is 0 Å². The summed E-state index contributed by atoms with van der Waals surface area (Å²) in [4.78, 5) is 13.5. The van der Waals surface area contributed by atoms with E-state index in [0.29, 0.717) is 17.5 Å². The third-order valence-electron chi connectivity index (χ3n) is 5.90. The van der Waals surface area contributed by atoms with E-state index in [1.165, 1.54) is 23.3 Å². The summed E-state index contributed by atoms with van der Waals surface area (Å²) in [7, 11) is 0. The highest BCUT2D eigenvalue weighted by Crippen LogP contribution is 2.73. The zero-order chi connectivity index (χ0) is 18.6. The van der Waals surface area contributed by atoms with Crippen LogP contribution in [0.4, 0.5) is 11.4 Å². The van der Waals surface area contributed by atoms with Crippen LogP contribution in [-0.2, 0) is 4.79 Å². The SMILES string of the molecule is Nc1ccc(NC(=O)/C=C/C2CC2)cc1C(N)C12CC1c1ccccc1S2. The van der Waals surface area contributed by atoms with Gasteiger partial charge in [-0.25, -0.2) is 0 Å². The van der Waals surface area contributed by atoms with Crippen molar-refractivity contribution in [2.24, 2.45) is 11.7 Å². The minimum Gasteiger partial charge on any atom is -0.398 e. The third kappa shape index (κ3) is 2.95. The number of thioether (sulfide) groups is 1. The fraction of sp³-hybridized carbons (Fsp3) is 0.318. The van der Waals surface area contributed by atoms with Gasteiger partial charge in [0.1, 0.15) is 0 Å². The maximum Gasteiger partial charge on any atom is 0.248 e. The van der Waals surface area contributed by atoms with Crippen molar-refractivity contribution >= 4 is 29.0 Å². The number of hydrogen-bond donors (Lipinski definition) is 3. The third-order valence-corrected chi connectivity index (χ3v) is 7.58. The van der Waals surface area contributed by atoms with Crippen LogP contribution in [0.1, 0.15) is 42.3 Å². The Labute approximate surface area is 163 Å². The Kier molecular flexibility index (Phi) is 3.85. The van der Waals surface area contributed by atoms with Gasteiger partial charge in [-0.15, -0.1) is 11.8 Å². The minimum absolute atomic E-state index is 0.00762. The number of amides is 1. The van der Waals surface area contributed by atoms with E-state index < -0.39 is 0 Å². The van der Waals surface area contributed by atoms with E-state index in [2.05, 4.69) is 29.6 Å². The topological polar surface area (TPSA) is 81.1 Å². The van der Waals surface area contributed by atoms with Gasteiger partial charge in [0, 0.05) is 33.0 Å². The van der Waals surface area contributed by atoms with Crippen LogP contribution >= 0.6 is 11.8 Å². The first kappa shape index (κ1) is 16.9. The fourth-order valence-electron chi connectivity index (χ4n) is 4.10. The van der Waals surface area contributed by atoms with Crippen molar-refractivity contribution in [2.45, 2.75) is 40.9 Å². The second-order valence-corrected chi connectivity index (χ2v) is 9.26. The van der Waals surface area contributed by atoms with Gasteiger partial charge in [-0.05, 0) is 66.6 Å². The van der Waals surface area contributed by atoms with Crippen LogP contribution in [-0.4, -0.2) is 10.7 Å². The Morgan fingerprint density at radius 1 is 1.26 bits per heavy atom. The number of nitrogens with one attached hydrogen (secondary N) is 1. The molecule has 2 aromatic rings. The molecule has 1 aliphatic heterocycles. The average molecular weight is 378 g/mol. The molecule has 138 valence electrons. The highest BCUT2D eigenvalue weighted by Gasteiger charge is 2.64. The molecule has 2 aromatic carbocycles. The maximum absolute atomic E-state index is 12.1. The second-order valence-electron chi connectivity index (χ2n) is 7.86. The lowest BCUT2D eigenvalue weighted by atomic mass is 9.97. The highest BCUT2D eigenvalue weighted by molar-refractivity contribution is 8.01. The van der Waals surface area contributed by atoms with Crippen molar-refractivity contribution in [3.63, 3.8) is 0 Å². The van der Waals surface area contributed by atoms with Crippen LogP contribution in [0.2, 0.25) is 0 Å². The summed E-state index contributed by atoms with van der Waals surface area (Å²) in [6.45, 7) is 0. The van der Waals surface area contributed by atoms with E-state index in [0.717, 1.165) is 17.7 Å². The smallest absolute Gasteiger partial charge is 0.248 e. The maximum atomic E-state index is 12.1. The number of allylic oxidation sites excluding steroid dienone is 1. The largest absolute Gasteiger partial charge is 0.398 e. The number of rotatable bonds is 5. The van der Waals surface area contributed by atoms with E-state index >= 15 is 0 Å². The number of nitrogen functional groups attached to an aromatic ring is 1. The first-order chi connectivity index (χ1) is 13.1. The molecule has 0 aromatic heterocycles. The van der Waals surface area contributed by atoms with Gasteiger partial charge in [-0.3, -0.25) is 4.79 Å². The van der Waals surface area contributed by atoms with Gasteiger partial charge in [0.25, 0.3) is 0 Å². The summed E-state index contributed by atoms with van der Waals surface area (Å²) in [5.74, 6) is 0.974. The van der Waals surface area contributed by atoms with Crippen molar-refractivity contribution < 1.29 is 4.79 Å². The van der Waals surface area contributed by atoms with Crippen LogP contribution in [0.3, 0.4) is 0 Å². The van der Waals surface area contributed by atoms with Gasteiger partial charge in [-0.2, -0.15) is 0 Å². The Hall–Kier alpha value is -2.24. The first-order valence-corrected chi connectivity index (χ1v) is 10.3. The number of nitrogens with two attached hydrogens (primary N) is 2. The molecular formula is C22H23N3OS. The van der Waals surface area contributed by atoms with Crippen LogP contribution in [0, 0.1) is 5.92 Å². The lowest BCUT2D eigenvalue weighted by molar-refractivity contribution is -0.111. The summed E-state index contributed by atoms with van der Waals surface area (Å²) in [6, 6.07) is 14.0. The molecule has 5 N–H and O–H groups in total. The summed E-state index contributed by atoms with van der Waals surface area (Å²) in [5, 5.41) is 2.94. The van der Waals surface area contributed by atoms with Crippen molar-refractivity contribution in [3.05, 3.63) is 65.7 Å². The first-order valence-electron chi connectivity index (χ1n) is 9.49. The molecular weight excluding hydrogens is 354 g/mol. The van der Waals surface area contributed by atoms with Gasteiger partial charge in [-0.1, -0.05) is 24.3 Å². The van der Waals surface area contributed by atoms with E-state index in [1.54, 1.807) is 6.08 Å². The Morgan fingerprint density at radius 3 is 2.85 bits per heavy atom. The molecule has 0 saturated heterocycles. The number of anilines is 2. The molecule has 2 fully saturated rings. The van der Waals surface area contributed by atoms with Gasteiger partial charge in [0.05, 0.1) is 0 Å². The van der Waals surface area contributed by atoms with Crippen molar-refractivity contribution in [2.75, 3.05) is 11.1 Å². The molecule has 0 spiro atoms. The Balaban J connectivity index is 1.37. The van der Waals surface area contributed by atoms with E-state index in [4.69, 9.17) is 11.5 Å². The zero-order valence-corrected chi connectivity index (χ0v) is 15.8. The fourth-order valence-corrected chi connectivity index (χ4v) is 5.76. The quantitative estimate of drug-likeness (QED) is 0.539. The minimum atomic E-state index is -0.168. The Bertz CT molecular complexity index is 952. The molecule has 3 atom stereocenters. The van der Waals surface area contributed by atoms with E-state index in [1.807, 2.05) is 36.0 Å². The van der Waals surface area contributed by atoms with E-state index in [-0.39, 0.29) is 16.7 Å². The van der Waals surface area contributed by atoms with Crippen LogP contribution in [0.25, 0.3) is 0 Å². The molecule has 2 aliphatic carbocycles. The van der Waals surface area contributed by atoms with Crippen molar-refractivity contribution in [1.82, 2.24) is 0 Å². The molecule has 2 saturated carbocycles. The molecule has 1 heterocycles. The van der Waals surface area contributed by atoms with E-state index in [9.17, 15) is 4.79 Å². The number of hydrogen-bond acceptors (Lipinski definition) is 4. The normalized spacial score (nSPS) is 26.5. The molecule has 27 heavy (non-hydrogen) atoms. The van der Waals surface area contributed by atoms with Crippen LogP contribution < -0.4 is 16.8 Å². The molecule has 1 amide bonds. The summed E-state index contributed by atoms with van der Waals surface area (Å²) >= 11 is 1.88. The summed E-state index contributed by atoms with van der Waals surface area (Å²) in [6.07, 6.45) is 7.07. The molecule has 5 rings (SSSR count). The monoisotopic (exact) mass is 377 g/mol. The van der Waals surface area contributed by atoms with Gasteiger partial charge in [0.15, 0.2) is 0 Å². The summed E-state index contributed by atoms with van der Waals surface area (Å²) in [5.41, 5.74) is 16.8.